The Labute approximate surface area is 120 Å². The molecule has 0 saturated heterocycles. The zero-order chi connectivity index (χ0) is 14.1. The van der Waals surface area contributed by atoms with Gasteiger partial charge in [0, 0.05) is 0 Å². The first-order chi connectivity index (χ1) is 9.15. The number of hydrogen-bond acceptors (Lipinski definition) is 0. The van der Waals surface area contributed by atoms with Crippen molar-refractivity contribution >= 4 is 0 Å². The first-order valence-corrected chi connectivity index (χ1v) is 8.21. The molecular weight excluding hydrogens is 228 g/mol. The minimum absolute atomic E-state index is 0.629. The second-order valence-electron chi connectivity index (χ2n) is 6.11. The largest absolute Gasteiger partial charge is 0.0649 e. The molecule has 0 saturated carbocycles. The van der Waals surface area contributed by atoms with Crippen LogP contribution in [0, 0.1) is 12.3 Å². The van der Waals surface area contributed by atoms with Gasteiger partial charge in [0.1, 0.15) is 0 Å². The molecule has 0 aliphatic heterocycles. The maximum atomic E-state index is 2.36. The molecule has 0 bridgehead atoms. The van der Waals surface area contributed by atoms with Gasteiger partial charge in [-0.3, -0.25) is 0 Å². The molecular formula is C19H32. The molecule has 0 atom stereocenters. The van der Waals surface area contributed by atoms with Gasteiger partial charge in [0.05, 0.1) is 0 Å². The lowest BCUT2D eigenvalue weighted by atomic mass is 9.75. The highest BCUT2D eigenvalue weighted by Gasteiger charge is 2.22. The number of aryl methyl sites for hydroxylation is 2. The summed E-state index contributed by atoms with van der Waals surface area (Å²) in [5.41, 5.74) is 3.49. The molecule has 1 aromatic carbocycles. The predicted octanol–water partition coefficient (Wildman–Crippen LogP) is 6.31. The molecule has 0 radical (unpaired) electrons. The fraction of sp³-hybridized carbons (Fsp3) is 0.684. The summed E-state index contributed by atoms with van der Waals surface area (Å²) in [7, 11) is 0. The summed E-state index contributed by atoms with van der Waals surface area (Å²) in [6, 6.07) is 9.02. The molecule has 0 aromatic heterocycles. The van der Waals surface area contributed by atoms with Gasteiger partial charge in [-0.15, -0.1) is 0 Å². The first kappa shape index (κ1) is 16.3. The van der Waals surface area contributed by atoms with Crippen molar-refractivity contribution in [3.05, 3.63) is 35.4 Å². The van der Waals surface area contributed by atoms with Gasteiger partial charge < -0.3 is 0 Å². The van der Waals surface area contributed by atoms with Gasteiger partial charge in [-0.2, -0.15) is 0 Å². The predicted molar refractivity (Wildman–Crippen MR) is 86.7 cm³/mol. The van der Waals surface area contributed by atoms with Gasteiger partial charge in [0.25, 0.3) is 0 Å². The lowest BCUT2D eigenvalue weighted by molar-refractivity contribution is 0.220. The topological polar surface area (TPSA) is 0 Å². The van der Waals surface area contributed by atoms with E-state index in [1.165, 1.54) is 62.5 Å². The van der Waals surface area contributed by atoms with E-state index in [9.17, 15) is 0 Å². The molecule has 0 aliphatic rings. The second-order valence-corrected chi connectivity index (χ2v) is 6.11. The van der Waals surface area contributed by atoms with Crippen molar-refractivity contribution in [1.82, 2.24) is 0 Å². The fourth-order valence-corrected chi connectivity index (χ4v) is 3.04. The monoisotopic (exact) mass is 260 g/mol. The van der Waals surface area contributed by atoms with Crippen molar-refractivity contribution in [2.75, 3.05) is 0 Å². The Bertz CT molecular complexity index is 321. The van der Waals surface area contributed by atoms with E-state index in [0.717, 1.165) is 0 Å². The van der Waals surface area contributed by atoms with Crippen molar-refractivity contribution < 1.29 is 0 Å². The molecule has 0 unspecified atom stereocenters. The highest BCUT2D eigenvalue weighted by molar-refractivity contribution is 5.21. The van der Waals surface area contributed by atoms with Gasteiger partial charge in [0.2, 0.25) is 0 Å². The van der Waals surface area contributed by atoms with E-state index < -0.39 is 0 Å². The second kappa shape index (κ2) is 8.40. The van der Waals surface area contributed by atoms with Crippen molar-refractivity contribution in [3.8, 4) is 0 Å². The van der Waals surface area contributed by atoms with Crippen LogP contribution in [-0.2, 0) is 6.42 Å². The van der Waals surface area contributed by atoms with Crippen LogP contribution in [0.5, 0.6) is 0 Å². The fourth-order valence-electron chi connectivity index (χ4n) is 3.04. The smallest absolute Gasteiger partial charge is 0.0279 e. The van der Waals surface area contributed by atoms with E-state index in [1.54, 1.807) is 0 Å². The number of benzene rings is 1. The Kier molecular flexibility index (Phi) is 7.20. The van der Waals surface area contributed by atoms with E-state index in [4.69, 9.17) is 0 Å². The average molecular weight is 260 g/mol. The van der Waals surface area contributed by atoms with Gasteiger partial charge in [0.15, 0.2) is 0 Å². The van der Waals surface area contributed by atoms with Gasteiger partial charge >= 0.3 is 0 Å². The molecule has 0 amide bonds. The minimum atomic E-state index is 0.629. The van der Waals surface area contributed by atoms with Crippen LogP contribution in [0.1, 0.15) is 76.8 Å². The summed E-state index contributed by atoms with van der Waals surface area (Å²) in [4.78, 5) is 0. The van der Waals surface area contributed by atoms with Crippen LogP contribution in [-0.4, -0.2) is 0 Å². The van der Waals surface area contributed by atoms with Crippen molar-refractivity contribution in [1.29, 1.82) is 0 Å². The van der Waals surface area contributed by atoms with E-state index in [1.807, 2.05) is 0 Å². The molecule has 0 fully saturated rings. The van der Waals surface area contributed by atoms with Crippen molar-refractivity contribution in [2.24, 2.45) is 5.41 Å². The van der Waals surface area contributed by atoms with Gasteiger partial charge in [-0.05, 0) is 37.2 Å². The molecule has 0 aliphatic carbocycles. The number of unbranched alkanes of at least 4 members (excludes halogenated alkanes) is 2. The van der Waals surface area contributed by atoms with Crippen LogP contribution in [0.25, 0.3) is 0 Å². The summed E-state index contributed by atoms with van der Waals surface area (Å²) >= 11 is 0. The van der Waals surface area contributed by atoms with Crippen molar-refractivity contribution in [2.45, 2.75) is 79.1 Å². The van der Waals surface area contributed by atoms with Crippen LogP contribution >= 0.6 is 0 Å². The molecule has 0 N–H and O–H groups in total. The van der Waals surface area contributed by atoms with Crippen LogP contribution in [0.15, 0.2) is 24.3 Å². The normalized spacial score (nSPS) is 11.8. The van der Waals surface area contributed by atoms with Gasteiger partial charge in [-0.1, -0.05) is 82.7 Å². The van der Waals surface area contributed by atoms with Crippen molar-refractivity contribution in [3.63, 3.8) is 0 Å². The van der Waals surface area contributed by atoms with E-state index in [2.05, 4.69) is 52.0 Å². The SMILES string of the molecule is CCC(CC)(CC)CCCCCc1ccc(C)cc1. The summed E-state index contributed by atoms with van der Waals surface area (Å²) in [6.45, 7) is 9.24. The van der Waals surface area contributed by atoms with Gasteiger partial charge in [-0.25, -0.2) is 0 Å². The maximum absolute atomic E-state index is 2.36. The number of hydrogen-bond donors (Lipinski definition) is 0. The first-order valence-electron chi connectivity index (χ1n) is 8.21. The minimum Gasteiger partial charge on any atom is -0.0649 e. The molecule has 19 heavy (non-hydrogen) atoms. The third kappa shape index (κ3) is 5.38. The zero-order valence-corrected chi connectivity index (χ0v) is 13.5. The Morgan fingerprint density at radius 1 is 0.789 bits per heavy atom. The summed E-state index contributed by atoms with van der Waals surface area (Å²) in [5.74, 6) is 0. The molecule has 0 heteroatoms. The Hall–Kier alpha value is -0.780. The Morgan fingerprint density at radius 3 is 1.89 bits per heavy atom. The van der Waals surface area contributed by atoms with Crippen LogP contribution in [0.2, 0.25) is 0 Å². The van der Waals surface area contributed by atoms with Crippen LogP contribution in [0.4, 0.5) is 0 Å². The third-order valence-corrected chi connectivity index (χ3v) is 5.04. The average Bonchev–Trinajstić information content (AvgIpc) is 2.45. The summed E-state index contributed by atoms with van der Waals surface area (Å²) < 4.78 is 0. The zero-order valence-electron chi connectivity index (χ0n) is 13.5. The molecule has 0 nitrogen and oxygen atoms in total. The lowest BCUT2D eigenvalue weighted by Gasteiger charge is -2.30. The summed E-state index contributed by atoms with van der Waals surface area (Å²) in [5, 5.41) is 0. The highest BCUT2D eigenvalue weighted by atomic mass is 14.3. The van der Waals surface area contributed by atoms with Crippen LogP contribution < -0.4 is 0 Å². The summed E-state index contributed by atoms with van der Waals surface area (Å²) in [6.07, 6.45) is 10.8. The maximum Gasteiger partial charge on any atom is -0.0279 e. The third-order valence-electron chi connectivity index (χ3n) is 5.04. The molecule has 0 heterocycles. The molecule has 0 spiro atoms. The quantitative estimate of drug-likeness (QED) is 0.456. The molecule has 1 rings (SSSR count). The Balaban J connectivity index is 2.22. The number of rotatable bonds is 9. The highest BCUT2D eigenvalue weighted by Crippen LogP contribution is 2.36. The lowest BCUT2D eigenvalue weighted by Crippen LogP contribution is -2.17. The standard InChI is InChI=1S/C19H32/c1-5-19(6-2,7-3)16-10-8-9-11-18-14-12-17(4)13-15-18/h12-15H,5-11,16H2,1-4H3. The molecule has 1 aromatic rings. The molecule has 108 valence electrons. The van der Waals surface area contributed by atoms with E-state index in [0.29, 0.717) is 5.41 Å². The van der Waals surface area contributed by atoms with E-state index >= 15 is 0 Å². The van der Waals surface area contributed by atoms with E-state index in [-0.39, 0.29) is 0 Å². The van der Waals surface area contributed by atoms with Crippen LogP contribution in [0.3, 0.4) is 0 Å². The Morgan fingerprint density at radius 2 is 1.37 bits per heavy atom.